The minimum atomic E-state index is -0.0244. The Morgan fingerprint density at radius 1 is 1.13 bits per heavy atom. The van der Waals surface area contributed by atoms with Crippen molar-refractivity contribution in [3.05, 3.63) is 70.4 Å². The molecule has 0 saturated carbocycles. The molecule has 4 rings (SSSR count). The molecule has 2 aromatic carbocycles. The van der Waals surface area contributed by atoms with Crippen molar-refractivity contribution in [2.75, 3.05) is 6.54 Å². The van der Waals surface area contributed by atoms with Crippen LogP contribution in [0, 0.1) is 0 Å². The van der Waals surface area contributed by atoms with E-state index in [4.69, 9.17) is 4.42 Å². The molecule has 1 aliphatic rings. The maximum absolute atomic E-state index is 12.9. The molecule has 1 aliphatic heterocycles. The highest BCUT2D eigenvalue weighted by Crippen LogP contribution is 2.34. The molecule has 0 N–H and O–H groups in total. The summed E-state index contributed by atoms with van der Waals surface area (Å²) in [5.41, 5.74) is 1.93. The minimum Gasteiger partial charge on any atom is -0.451 e. The highest BCUT2D eigenvalue weighted by atomic mass is 79.9. The van der Waals surface area contributed by atoms with Crippen molar-refractivity contribution in [2.45, 2.75) is 18.9 Å². The van der Waals surface area contributed by atoms with Crippen LogP contribution in [0.1, 0.15) is 35.0 Å². The highest BCUT2D eigenvalue weighted by molar-refractivity contribution is 9.10. The number of likely N-dealkylation sites (tertiary alicyclic amines) is 1. The molecule has 0 aliphatic carbocycles. The molecule has 1 atom stereocenters. The van der Waals surface area contributed by atoms with Crippen LogP contribution < -0.4 is 0 Å². The van der Waals surface area contributed by atoms with Crippen molar-refractivity contribution in [3.8, 4) is 0 Å². The van der Waals surface area contributed by atoms with Crippen LogP contribution in [-0.2, 0) is 0 Å². The molecule has 1 amide bonds. The van der Waals surface area contributed by atoms with Gasteiger partial charge in [0.1, 0.15) is 5.58 Å². The SMILES string of the molecule is O=C(c1cc2cc(Br)ccc2o1)N1CCCC1c1ccccc1. The molecular formula is C19H16BrNO2. The van der Waals surface area contributed by atoms with Gasteiger partial charge in [0.25, 0.3) is 5.91 Å². The summed E-state index contributed by atoms with van der Waals surface area (Å²) in [7, 11) is 0. The Balaban J connectivity index is 1.66. The molecule has 23 heavy (non-hydrogen) atoms. The number of hydrogen-bond acceptors (Lipinski definition) is 2. The zero-order valence-electron chi connectivity index (χ0n) is 12.5. The first-order valence-electron chi connectivity index (χ1n) is 7.77. The largest absolute Gasteiger partial charge is 0.451 e. The second-order valence-corrected chi connectivity index (χ2v) is 6.78. The Labute approximate surface area is 143 Å². The molecule has 3 nitrogen and oxygen atoms in total. The molecule has 0 bridgehead atoms. The molecule has 4 heteroatoms. The number of fused-ring (bicyclic) bond motifs is 1. The van der Waals surface area contributed by atoms with Gasteiger partial charge in [0, 0.05) is 16.4 Å². The van der Waals surface area contributed by atoms with Crippen LogP contribution in [0.15, 0.2) is 63.5 Å². The first-order chi connectivity index (χ1) is 11.2. The molecule has 1 fully saturated rings. The summed E-state index contributed by atoms with van der Waals surface area (Å²) in [5, 5.41) is 0.943. The number of rotatable bonds is 2. The Hall–Kier alpha value is -2.07. The molecule has 1 unspecified atom stereocenters. The smallest absolute Gasteiger partial charge is 0.290 e. The second kappa shape index (κ2) is 5.85. The van der Waals surface area contributed by atoms with E-state index in [1.54, 1.807) is 0 Å². The summed E-state index contributed by atoms with van der Waals surface area (Å²) < 4.78 is 6.75. The van der Waals surface area contributed by atoms with E-state index in [0.29, 0.717) is 5.76 Å². The normalized spacial score (nSPS) is 17.8. The number of carbonyl (C=O) groups is 1. The van der Waals surface area contributed by atoms with Crippen molar-refractivity contribution in [2.24, 2.45) is 0 Å². The average Bonchev–Trinajstić information content (AvgIpc) is 3.21. The third-order valence-corrected chi connectivity index (χ3v) is 4.88. The number of amides is 1. The molecule has 0 radical (unpaired) electrons. The van der Waals surface area contributed by atoms with Gasteiger partial charge in [-0.1, -0.05) is 46.3 Å². The molecule has 116 valence electrons. The van der Waals surface area contributed by atoms with E-state index >= 15 is 0 Å². The second-order valence-electron chi connectivity index (χ2n) is 5.86. The van der Waals surface area contributed by atoms with Gasteiger partial charge in [0.2, 0.25) is 0 Å². The van der Waals surface area contributed by atoms with Gasteiger partial charge in [0.15, 0.2) is 5.76 Å². The van der Waals surface area contributed by atoms with Crippen LogP contribution >= 0.6 is 15.9 Å². The first-order valence-corrected chi connectivity index (χ1v) is 8.57. The van der Waals surface area contributed by atoms with Crippen LogP contribution in [0.25, 0.3) is 11.0 Å². The van der Waals surface area contributed by atoms with Gasteiger partial charge in [-0.15, -0.1) is 0 Å². The maximum atomic E-state index is 12.9. The minimum absolute atomic E-state index is 0.0244. The van der Waals surface area contributed by atoms with Crippen LogP contribution in [0.2, 0.25) is 0 Å². The topological polar surface area (TPSA) is 33.5 Å². The highest BCUT2D eigenvalue weighted by Gasteiger charge is 2.32. The molecule has 0 spiro atoms. The Morgan fingerprint density at radius 3 is 2.78 bits per heavy atom. The molecular weight excluding hydrogens is 354 g/mol. The fraction of sp³-hybridized carbons (Fsp3) is 0.211. The predicted molar refractivity (Wildman–Crippen MR) is 93.4 cm³/mol. The summed E-state index contributed by atoms with van der Waals surface area (Å²) in [6.07, 6.45) is 2.03. The number of carbonyl (C=O) groups excluding carboxylic acids is 1. The number of benzene rings is 2. The fourth-order valence-corrected chi connectivity index (χ4v) is 3.67. The van der Waals surface area contributed by atoms with Crippen molar-refractivity contribution >= 4 is 32.8 Å². The Bertz CT molecular complexity index is 856. The Morgan fingerprint density at radius 2 is 1.96 bits per heavy atom. The van der Waals surface area contributed by atoms with E-state index in [1.807, 2.05) is 47.4 Å². The number of halogens is 1. The first kappa shape index (κ1) is 14.5. The molecule has 2 heterocycles. The number of nitrogens with zero attached hydrogens (tertiary/aromatic N) is 1. The van der Waals surface area contributed by atoms with E-state index in [1.165, 1.54) is 5.56 Å². The monoisotopic (exact) mass is 369 g/mol. The number of furan rings is 1. The van der Waals surface area contributed by atoms with E-state index in [9.17, 15) is 4.79 Å². The lowest BCUT2D eigenvalue weighted by Crippen LogP contribution is -2.30. The van der Waals surface area contributed by atoms with Gasteiger partial charge in [-0.2, -0.15) is 0 Å². The predicted octanol–water partition coefficient (Wildman–Crippen LogP) is 5.17. The van der Waals surface area contributed by atoms with Gasteiger partial charge in [0.05, 0.1) is 6.04 Å². The van der Waals surface area contributed by atoms with E-state index in [-0.39, 0.29) is 11.9 Å². The number of hydrogen-bond donors (Lipinski definition) is 0. The van der Waals surface area contributed by atoms with Crippen molar-refractivity contribution in [1.82, 2.24) is 4.90 Å². The van der Waals surface area contributed by atoms with Gasteiger partial charge < -0.3 is 9.32 Å². The van der Waals surface area contributed by atoms with Gasteiger partial charge in [-0.05, 0) is 42.7 Å². The van der Waals surface area contributed by atoms with Crippen LogP contribution in [-0.4, -0.2) is 17.4 Å². The van der Waals surface area contributed by atoms with Crippen LogP contribution in [0.5, 0.6) is 0 Å². The van der Waals surface area contributed by atoms with Crippen LogP contribution in [0.4, 0.5) is 0 Å². The van der Waals surface area contributed by atoms with Gasteiger partial charge in [-0.3, -0.25) is 4.79 Å². The van der Waals surface area contributed by atoms with E-state index in [0.717, 1.165) is 34.8 Å². The van der Waals surface area contributed by atoms with Crippen molar-refractivity contribution in [1.29, 1.82) is 0 Å². The van der Waals surface area contributed by atoms with Crippen LogP contribution in [0.3, 0.4) is 0 Å². The standard InChI is InChI=1S/C19H16BrNO2/c20-15-8-9-17-14(11-15)12-18(23-17)19(22)21-10-4-7-16(21)13-5-2-1-3-6-13/h1-3,5-6,8-9,11-12,16H,4,7,10H2. The summed E-state index contributed by atoms with van der Waals surface area (Å²) >= 11 is 3.45. The van der Waals surface area contributed by atoms with E-state index < -0.39 is 0 Å². The zero-order chi connectivity index (χ0) is 15.8. The third-order valence-electron chi connectivity index (χ3n) is 4.39. The summed E-state index contributed by atoms with van der Waals surface area (Å²) in [4.78, 5) is 14.8. The molecule has 3 aromatic rings. The van der Waals surface area contributed by atoms with Gasteiger partial charge >= 0.3 is 0 Å². The van der Waals surface area contributed by atoms with Gasteiger partial charge in [-0.25, -0.2) is 0 Å². The average molecular weight is 370 g/mol. The summed E-state index contributed by atoms with van der Waals surface area (Å²) in [5.74, 6) is 0.393. The summed E-state index contributed by atoms with van der Waals surface area (Å²) in [6, 6.07) is 18.0. The van der Waals surface area contributed by atoms with E-state index in [2.05, 4.69) is 28.1 Å². The zero-order valence-corrected chi connectivity index (χ0v) is 14.1. The lowest BCUT2D eigenvalue weighted by Gasteiger charge is -2.24. The van der Waals surface area contributed by atoms with Crippen molar-refractivity contribution < 1.29 is 9.21 Å². The lowest BCUT2D eigenvalue weighted by molar-refractivity contribution is 0.0705. The molecule has 1 saturated heterocycles. The maximum Gasteiger partial charge on any atom is 0.290 e. The fourth-order valence-electron chi connectivity index (χ4n) is 3.29. The third kappa shape index (κ3) is 2.68. The lowest BCUT2D eigenvalue weighted by atomic mass is 10.0. The summed E-state index contributed by atoms with van der Waals surface area (Å²) in [6.45, 7) is 0.777. The molecule has 1 aromatic heterocycles. The quantitative estimate of drug-likeness (QED) is 0.623. The Kier molecular flexibility index (Phi) is 3.69. The van der Waals surface area contributed by atoms with Crippen molar-refractivity contribution in [3.63, 3.8) is 0 Å².